The van der Waals surface area contributed by atoms with Gasteiger partial charge in [0, 0.05) is 12.1 Å². The summed E-state index contributed by atoms with van der Waals surface area (Å²) in [6, 6.07) is 6.06. The van der Waals surface area contributed by atoms with Crippen LogP contribution in [-0.4, -0.2) is 46.3 Å². The molecule has 1 aliphatic rings. The number of benzene rings is 1. The third kappa shape index (κ3) is 13.5. The van der Waals surface area contributed by atoms with Crippen LogP contribution < -0.4 is 17.2 Å². The largest absolute Gasteiger partial charge is 0.481 e. The van der Waals surface area contributed by atoms with Crippen molar-refractivity contribution in [1.29, 1.82) is 0 Å². The highest BCUT2D eigenvalue weighted by molar-refractivity contribution is 5.87. The average molecular weight is 426 g/mol. The molecule has 0 unspecified atom stereocenters. The van der Waals surface area contributed by atoms with Crippen molar-refractivity contribution in [1.82, 2.24) is 0 Å². The van der Waals surface area contributed by atoms with Crippen LogP contribution >= 0.6 is 0 Å². The maximum Gasteiger partial charge on any atom is 0.335 e. The van der Waals surface area contributed by atoms with E-state index in [0.29, 0.717) is 24.7 Å². The van der Waals surface area contributed by atoms with Gasteiger partial charge >= 0.3 is 17.9 Å². The second-order valence-corrected chi connectivity index (χ2v) is 7.21. The molecule has 1 fully saturated rings. The summed E-state index contributed by atoms with van der Waals surface area (Å²) >= 11 is 0. The van der Waals surface area contributed by atoms with E-state index >= 15 is 0 Å². The molecule has 30 heavy (non-hydrogen) atoms. The van der Waals surface area contributed by atoms with Crippen LogP contribution in [0.15, 0.2) is 24.3 Å². The van der Waals surface area contributed by atoms with Crippen LogP contribution in [0.2, 0.25) is 0 Å². The Balaban J connectivity index is 0.000000423. The summed E-state index contributed by atoms with van der Waals surface area (Å²) in [6.45, 7) is 1.38. The summed E-state index contributed by atoms with van der Waals surface area (Å²) in [6.07, 6.45) is 6.53. The Labute approximate surface area is 177 Å². The summed E-state index contributed by atoms with van der Waals surface area (Å²) in [5.74, 6) is -1.81. The molecule has 170 valence electrons. The zero-order chi connectivity index (χ0) is 22.9. The Morgan fingerprint density at radius 3 is 1.83 bits per heavy atom. The minimum absolute atomic E-state index is 0.0993. The molecule has 1 saturated carbocycles. The molecule has 0 aromatic heterocycles. The zero-order valence-corrected chi connectivity index (χ0v) is 17.3. The zero-order valence-electron chi connectivity index (χ0n) is 17.3. The van der Waals surface area contributed by atoms with Gasteiger partial charge in [-0.05, 0) is 81.8 Å². The number of carboxylic acid groups (broad SMARTS) is 3. The highest BCUT2D eigenvalue weighted by Crippen LogP contribution is 2.27. The smallest absolute Gasteiger partial charge is 0.335 e. The van der Waals surface area contributed by atoms with Crippen LogP contribution in [0.1, 0.15) is 61.7 Å². The van der Waals surface area contributed by atoms with Crippen molar-refractivity contribution in [3.63, 3.8) is 0 Å². The number of carboxylic acids is 3. The van der Waals surface area contributed by atoms with Gasteiger partial charge in [0.25, 0.3) is 0 Å². The molecule has 1 aromatic rings. The summed E-state index contributed by atoms with van der Waals surface area (Å²) in [5, 5.41) is 25.3. The molecule has 1 aromatic carbocycles. The van der Waals surface area contributed by atoms with E-state index in [9.17, 15) is 14.4 Å². The topological polar surface area (TPSA) is 190 Å². The summed E-state index contributed by atoms with van der Waals surface area (Å²) in [7, 11) is 0. The van der Waals surface area contributed by atoms with Crippen LogP contribution in [0, 0.1) is 11.8 Å². The van der Waals surface area contributed by atoms with E-state index in [0.717, 1.165) is 44.9 Å². The molecule has 9 N–H and O–H groups in total. The molecule has 0 spiro atoms. The first-order chi connectivity index (χ1) is 14.2. The Kier molecular flexibility index (Phi) is 14.8. The van der Waals surface area contributed by atoms with Gasteiger partial charge in [-0.15, -0.1) is 0 Å². The second kappa shape index (κ2) is 16.2. The van der Waals surface area contributed by atoms with Gasteiger partial charge in [0.15, 0.2) is 0 Å². The minimum atomic E-state index is -0.931. The lowest BCUT2D eigenvalue weighted by Gasteiger charge is -2.24. The molecule has 0 amide bonds. The fourth-order valence-corrected chi connectivity index (χ4v) is 2.87. The van der Waals surface area contributed by atoms with Crippen LogP contribution in [0.4, 0.5) is 5.69 Å². The van der Waals surface area contributed by atoms with Gasteiger partial charge in [0.2, 0.25) is 0 Å². The Hall–Kier alpha value is -2.65. The lowest BCUT2D eigenvalue weighted by molar-refractivity contribution is -0.143. The first-order valence-corrected chi connectivity index (χ1v) is 10.1. The van der Waals surface area contributed by atoms with Crippen molar-refractivity contribution in [2.24, 2.45) is 23.3 Å². The predicted molar refractivity (Wildman–Crippen MR) is 115 cm³/mol. The maximum atomic E-state index is 10.5. The van der Waals surface area contributed by atoms with E-state index in [1.165, 1.54) is 12.1 Å². The highest BCUT2D eigenvalue weighted by atomic mass is 16.4. The lowest BCUT2D eigenvalue weighted by atomic mass is 9.82. The number of hydrogen-bond acceptors (Lipinski definition) is 6. The number of unbranched alkanes of at least 4 members (excludes halogenated alkanes) is 2. The van der Waals surface area contributed by atoms with E-state index in [1.54, 1.807) is 12.1 Å². The monoisotopic (exact) mass is 425 g/mol. The van der Waals surface area contributed by atoms with Crippen molar-refractivity contribution in [2.75, 3.05) is 18.8 Å². The van der Waals surface area contributed by atoms with E-state index in [2.05, 4.69) is 0 Å². The SMILES string of the molecule is NCC1CCC(C(=O)O)CC1.NCCCCCC(=O)O.Nc1ccc(C(=O)O)cc1. The van der Waals surface area contributed by atoms with Crippen molar-refractivity contribution < 1.29 is 29.7 Å². The van der Waals surface area contributed by atoms with E-state index in [1.807, 2.05) is 0 Å². The van der Waals surface area contributed by atoms with Gasteiger partial charge in [0.1, 0.15) is 0 Å². The number of carbonyl (C=O) groups is 3. The molecule has 0 heterocycles. The fraction of sp³-hybridized carbons (Fsp3) is 0.571. The van der Waals surface area contributed by atoms with E-state index in [4.69, 9.17) is 32.5 Å². The number of nitrogen functional groups attached to an aromatic ring is 1. The van der Waals surface area contributed by atoms with Gasteiger partial charge in [-0.2, -0.15) is 0 Å². The third-order valence-corrected chi connectivity index (χ3v) is 4.78. The van der Waals surface area contributed by atoms with Crippen molar-refractivity contribution in [3.8, 4) is 0 Å². The minimum Gasteiger partial charge on any atom is -0.481 e. The molecule has 2 rings (SSSR count). The average Bonchev–Trinajstić information content (AvgIpc) is 2.72. The first kappa shape index (κ1) is 27.4. The summed E-state index contributed by atoms with van der Waals surface area (Å²) < 4.78 is 0. The van der Waals surface area contributed by atoms with Gasteiger partial charge in [-0.25, -0.2) is 4.79 Å². The molecular formula is C21H35N3O6. The van der Waals surface area contributed by atoms with Crippen molar-refractivity contribution in [2.45, 2.75) is 51.4 Å². The summed E-state index contributed by atoms with van der Waals surface area (Å²) in [5.41, 5.74) is 16.8. The third-order valence-electron chi connectivity index (χ3n) is 4.78. The van der Waals surface area contributed by atoms with Crippen LogP contribution in [0.3, 0.4) is 0 Å². The Bertz CT molecular complexity index is 628. The number of nitrogens with two attached hydrogens (primary N) is 3. The standard InChI is InChI=1S/C8H15NO2.C7H7NO2.C6H13NO2/c9-5-6-1-3-7(4-2-6)8(10)11;8-6-3-1-5(2-4-6)7(9)10;7-5-3-1-2-4-6(8)9/h6-7H,1-5,9H2,(H,10,11);1-4H,8H2,(H,9,10);1-5,7H2,(H,8,9). The molecule has 0 atom stereocenters. The highest BCUT2D eigenvalue weighted by Gasteiger charge is 2.24. The number of hydrogen-bond donors (Lipinski definition) is 6. The van der Waals surface area contributed by atoms with Crippen LogP contribution in [-0.2, 0) is 9.59 Å². The molecular weight excluding hydrogens is 390 g/mol. The van der Waals surface area contributed by atoms with Crippen molar-refractivity contribution in [3.05, 3.63) is 29.8 Å². The van der Waals surface area contributed by atoms with E-state index < -0.39 is 17.9 Å². The second-order valence-electron chi connectivity index (χ2n) is 7.21. The number of aromatic carboxylic acids is 1. The number of rotatable bonds is 8. The fourth-order valence-electron chi connectivity index (χ4n) is 2.87. The Morgan fingerprint density at radius 1 is 0.867 bits per heavy atom. The molecule has 9 nitrogen and oxygen atoms in total. The molecule has 0 saturated heterocycles. The van der Waals surface area contributed by atoms with Crippen molar-refractivity contribution >= 4 is 23.6 Å². The lowest BCUT2D eigenvalue weighted by Crippen LogP contribution is -2.25. The van der Waals surface area contributed by atoms with Crippen LogP contribution in [0.25, 0.3) is 0 Å². The summed E-state index contributed by atoms with van der Waals surface area (Å²) in [4.78, 5) is 30.7. The molecule has 0 bridgehead atoms. The Morgan fingerprint density at radius 2 is 1.43 bits per heavy atom. The van der Waals surface area contributed by atoms with Gasteiger partial charge in [-0.3, -0.25) is 9.59 Å². The maximum absolute atomic E-state index is 10.5. The van der Waals surface area contributed by atoms with Gasteiger partial charge in [-0.1, -0.05) is 6.42 Å². The molecule has 0 radical (unpaired) electrons. The molecule has 0 aliphatic heterocycles. The quantitative estimate of drug-likeness (QED) is 0.268. The first-order valence-electron chi connectivity index (χ1n) is 10.1. The number of anilines is 1. The van der Waals surface area contributed by atoms with Gasteiger partial charge in [0.05, 0.1) is 11.5 Å². The van der Waals surface area contributed by atoms with Crippen LogP contribution in [0.5, 0.6) is 0 Å². The van der Waals surface area contributed by atoms with Gasteiger partial charge < -0.3 is 32.5 Å². The normalized spacial score (nSPS) is 17.5. The number of aliphatic carboxylic acids is 2. The van der Waals surface area contributed by atoms with E-state index in [-0.39, 0.29) is 17.9 Å². The predicted octanol–water partition coefficient (Wildman–Crippen LogP) is 2.39. The molecule has 9 heteroatoms. The molecule has 1 aliphatic carbocycles.